The fraction of sp³-hybridized carbons (Fsp3) is 0.227. The van der Waals surface area contributed by atoms with Crippen LogP contribution in [0.1, 0.15) is 39.3 Å². The minimum absolute atomic E-state index is 0.0164. The molecule has 30 heavy (non-hydrogen) atoms. The van der Waals surface area contributed by atoms with Crippen LogP contribution in [0, 0.1) is 0 Å². The van der Waals surface area contributed by atoms with Gasteiger partial charge in [0.25, 0.3) is 0 Å². The van der Waals surface area contributed by atoms with Crippen LogP contribution in [0.4, 0.5) is 0 Å². The standard InChI is InChI=1S/C22H20ClN3O3S/c1-3-20(27)25-10-16(15-9-19(23)30-18(15)12-25)13-7-5-6-8-14(13)17-11-26(4-2)24-21(17)22(28)29/h3,5-9,11,16H,1,4,10,12H2,2H3,(H,28,29)/t16-/m0/s1. The van der Waals surface area contributed by atoms with Crippen LogP contribution in [-0.4, -0.2) is 38.2 Å². The summed E-state index contributed by atoms with van der Waals surface area (Å²) in [6, 6.07) is 9.63. The third-order valence-corrected chi connectivity index (χ3v) is 6.59. The predicted octanol–water partition coefficient (Wildman–Crippen LogP) is 4.64. The number of thiophene rings is 1. The number of aromatic nitrogens is 2. The zero-order chi connectivity index (χ0) is 21.4. The first-order chi connectivity index (χ1) is 14.4. The first-order valence-electron chi connectivity index (χ1n) is 9.52. The van der Waals surface area contributed by atoms with E-state index in [1.807, 2.05) is 37.3 Å². The van der Waals surface area contributed by atoms with Crippen LogP contribution in [0.5, 0.6) is 0 Å². The van der Waals surface area contributed by atoms with Crippen molar-refractivity contribution in [2.75, 3.05) is 6.54 Å². The number of amides is 1. The number of carbonyl (C=O) groups excluding carboxylic acids is 1. The maximum absolute atomic E-state index is 12.4. The number of carbonyl (C=O) groups is 2. The van der Waals surface area contributed by atoms with Crippen molar-refractivity contribution in [2.24, 2.45) is 0 Å². The number of rotatable bonds is 5. The average Bonchev–Trinajstić information content (AvgIpc) is 3.35. The van der Waals surface area contributed by atoms with Crippen LogP contribution in [0.2, 0.25) is 4.34 Å². The first kappa shape index (κ1) is 20.4. The number of aromatic carboxylic acids is 1. The van der Waals surface area contributed by atoms with Crippen molar-refractivity contribution in [3.8, 4) is 11.1 Å². The van der Waals surface area contributed by atoms with Gasteiger partial charge in [-0.3, -0.25) is 9.48 Å². The smallest absolute Gasteiger partial charge is 0.357 e. The highest BCUT2D eigenvalue weighted by molar-refractivity contribution is 7.16. The van der Waals surface area contributed by atoms with E-state index in [9.17, 15) is 14.7 Å². The molecule has 0 saturated carbocycles. The first-order valence-corrected chi connectivity index (χ1v) is 10.7. The summed E-state index contributed by atoms with van der Waals surface area (Å²) in [4.78, 5) is 27.0. The van der Waals surface area contributed by atoms with Crippen molar-refractivity contribution in [1.29, 1.82) is 0 Å². The van der Waals surface area contributed by atoms with Crippen LogP contribution < -0.4 is 0 Å². The summed E-state index contributed by atoms with van der Waals surface area (Å²) in [5, 5.41) is 13.9. The Morgan fingerprint density at radius 2 is 2.10 bits per heavy atom. The topological polar surface area (TPSA) is 75.4 Å². The molecule has 2 aromatic heterocycles. The second-order valence-corrected chi connectivity index (χ2v) is 8.81. The number of fused-ring (bicyclic) bond motifs is 1. The lowest BCUT2D eigenvalue weighted by Gasteiger charge is -2.33. The molecule has 6 nitrogen and oxygen atoms in total. The molecule has 0 radical (unpaired) electrons. The van der Waals surface area contributed by atoms with E-state index in [4.69, 9.17) is 11.6 Å². The van der Waals surface area contributed by atoms with Crippen LogP contribution in [0.15, 0.2) is 49.2 Å². The molecular formula is C22H20ClN3O3S. The molecule has 1 atom stereocenters. The van der Waals surface area contributed by atoms with Gasteiger partial charge in [-0.05, 0) is 35.8 Å². The molecule has 0 unspecified atom stereocenters. The summed E-state index contributed by atoms with van der Waals surface area (Å²) in [7, 11) is 0. The van der Waals surface area contributed by atoms with E-state index in [1.165, 1.54) is 17.4 Å². The van der Waals surface area contributed by atoms with Crippen LogP contribution in [0.25, 0.3) is 11.1 Å². The number of nitrogens with zero attached hydrogens (tertiary/aromatic N) is 3. The second kappa shape index (κ2) is 8.08. The summed E-state index contributed by atoms with van der Waals surface area (Å²) >= 11 is 7.78. The molecule has 1 aromatic carbocycles. The Morgan fingerprint density at radius 3 is 2.80 bits per heavy atom. The van der Waals surface area contributed by atoms with E-state index in [2.05, 4.69) is 11.7 Å². The van der Waals surface area contributed by atoms with Gasteiger partial charge in [0.1, 0.15) is 0 Å². The van der Waals surface area contributed by atoms with Gasteiger partial charge in [-0.2, -0.15) is 5.10 Å². The second-order valence-electron chi connectivity index (χ2n) is 7.04. The molecule has 1 aliphatic heterocycles. The van der Waals surface area contributed by atoms with E-state index in [1.54, 1.807) is 15.8 Å². The number of benzene rings is 1. The molecule has 0 bridgehead atoms. The van der Waals surface area contributed by atoms with E-state index < -0.39 is 5.97 Å². The van der Waals surface area contributed by atoms with Gasteiger partial charge in [-0.15, -0.1) is 11.3 Å². The van der Waals surface area contributed by atoms with Crippen molar-refractivity contribution in [1.82, 2.24) is 14.7 Å². The Kier molecular flexibility index (Phi) is 5.49. The normalized spacial score (nSPS) is 15.7. The Bertz CT molecular complexity index is 1150. The van der Waals surface area contributed by atoms with E-state index >= 15 is 0 Å². The van der Waals surface area contributed by atoms with Crippen molar-refractivity contribution in [2.45, 2.75) is 25.9 Å². The van der Waals surface area contributed by atoms with E-state index in [0.717, 1.165) is 21.6 Å². The molecule has 1 amide bonds. The van der Waals surface area contributed by atoms with Gasteiger partial charge in [-0.25, -0.2) is 4.79 Å². The summed E-state index contributed by atoms with van der Waals surface area (Å²) < 4.78 is 2.29. The predicted molar refractivity (Wildman–Crippen MR) is 117 cm³/mol. The van der Waals surface area contributed by atoms with E-state index in [-0.39, 0.29) is 17.5 Å². The quantitative estimate of drug-likeness (QED) is 0.585. The fourth-order valence-electron chi connectivity index (χ4n) is 3.93. The molecule has 1 N–H and O–H groups in total. The zero-order valence-corrected chi connectivity index (χ0v) is 17.9. The van der Waals surface area contributed by atoms with Crippen LogP contribution in [0.3, 0.4) is 0 Å². The lowest BCUT2D eigenvalue weighted by Crippen LogP contribution is -2.37. The third kappa shape index (κ3) is 3.55. The number of carboxylic acids is 1. The van der Waals surface area contributed by atoms with Gasteiger partial charge in [0.05, 0.1) is 10.9 Å². The van der Waals surface area contributed by atoms with Crippen LogP contribution >= 0.6 is 22.9 Å². The average molecular weight is 442 g/mol. The van der Waals surface area contributed by atoms with Gasteiger partial charge >= 0.3 is 5.97 Å². The van der Waals surface area contributed by atoms with Crippen LogP contribution in [-0.2, 0) is 17.9 Å². The van der Waals surface area contributed by atoms with Crippen molar-refractivity contribution in [3.05, 3.63) is 75.2 Å². The molecule has 3 heterocycles. The molecular weight excluding hydrogens is 422 g/mol. The Morgan fingerprint density at radius 1 is 1.33 bits per heavy atom. The monoisotopic (exact) mass is 441 g/mol. The number of aryl methyl sites for hydroxylation is 1. The molecule has 154 valence electrons. The number of hydrogen-bond acceptors (Lipinski definition) is 4. The van der Waals surface area contributed by atoms with Crippen molar-refractivity contribution in [3.63, 3.8) is 0 Å². The number of carboxylic acid groups (broad SMARTS) is 1. The summed E-state index contributed by atoms with van der Waals surface area (Å²) in [5.41, 5.74) is 3.39. The third-order valence-electron chi connectivity index (χ3n) is 5.33. The molecule has 3 aromatic rings. The van der Waals surface area contributed by atoms with E-state index in [0.29, 0.717) is 29.5 Å². The Labute approximate surface area is 183 Å². The highest BCUT2D eigenvalue weighted by Gasteiger charge is 2.32. The van der Waals surface area contributed by atoms with Crippen molar-refractivity contribution < 1.29 is 14.7 Å². The summed E-state index contributed by atoms with van der Waals surface area (Å²) in [6.45, 7) is 7.05. The zero-order valence-electron chi connectivity index (χ0n) is 16.3. The lowest BCUT2D eigenvalue weighted by molar-refractivity contribution is -0.127. The molecule has 0 fully saturated rings. The number of hydrogen-bond donors (Lipinski definition) is 1. The maximum atomic E-state index is 12.4. The minimum atomic E-state index is -1.07. The summed E-state index contributed by atoms with van der Waals surface area (Å²) in [6.07, 6.45) is 3.08. The molecule has 8 heteroatoms. The van der Waals surface area contributed by atoms with Gasteiger partial charge < -0.3 is 10.0 Å². The largest absolute Gasteiger partial charge is 0.476 e. The fourth-order valence-corrected chi connectivity index (χ4v) is 5.29. The summed E-state index contributed by atoms with van der Waals surface area (Å²) in [5.74, 6) is -1.35. The van der Waals surface area contributed by atoms with Gasteiger partial charge in [0.15, 0.2) is 5.69 Å². The molecule has 0 aliphatic carbocycles. The highest BCUT2D eigenvalue weighted by atomic mass is 35.5. The minimum Gasteiger partial charge on any atom is -0.476 e. The molecule has 1 aliphatic rings. The number of halogens is 1. The van der Waals surface area contributed by atoms with Crippen molar-refractivity contribution >= 4 is 34.8 Å². The Hall–Kier alpha value is -2.90. The molecule has 0 saturated heterocycles. The SMILES string of the molecule is C=CC(=O)N1Cc2sc(Cl)cc2[C@H](c2ccccc2-c2cn(CC)nc2C(=O)O)C1. The Balaban J connectivity index is 1.88. The van der Waals surface area contributed by atoms with Gasteiger partial charge in [0, 0.05) is 35.6 Å². The molecule has 4 rings (SSSR count). The lowest BCUT2D eigenvalue weighted by atomic mass is 9.84. The van der Waals surface area contributed by atoms with Gasteiger partial charge in [0.2, 0.25) is 5.91 Å². The molecule has 0 spiro atoms. The maximum Gasteiger partial charge on any atom is 0.357 e. The highest BCUT2D eigenvalue weighted by Crippen LogP contribution is 2.43. The van der Waals surface area contributed by atoms with Gasteiger partial charge in [-0.1, -0.05) is 42.4 Å².